The van der Waals surface area contributed by atoms with Crippen molar-refractivity contribution in [2.24, 2.45) is 5.41 Å². The average Bonchev–Trinajstić information content (AvgIpc) is 3.62. The van der Waals surface area contributed by atoms with Gasteiger partial charge in [0.2, 0.25) is 0 Å². The molecule has 3 atom stereocenters. The first-order chi connectivity index (χ1) is 22.8. The van der Waals surface area contributed by atoms with Gasteiger partial charge in [-0.3, -0.25) is 4.90 Å². The summed E-state index contributed by atoms with van der Waals surface area (Å²) in [5.41, 5.74) is 1.74. The van der Waals surface area contributed by atoms with Gasteiger partial charge in [0.1, 0.15) is 18.2 Å². The van der Waals surface area contributed by atoms with Crippen molar-refractivity contribution < 1.29 is 23.0 Å². The summed E-state index contributed by atoms with van der Waals surface area (Å²) in [7, 11) is 0. The number of rotatable bonds is 6. The van der Waals surface area contributed by atoms with Gasteiger partial charge in [-0.1, -0.05) is 30.2 Å². The summed E-state index contributed by atoms with van der Waals surface area (Å²) >= 11 is 0. The molecule has 4 fully saturated rings. The molecule has 1 spiro atoms. The molecule has 4 aliphatic heterocycles. The van der Waals surface area contributed by atoms with E-state index < -0.39 is 11.6 Å². The van der Waals surface area contributed by atoms with Crippen molar-refractivity contribution in [1.82, 2.24) is 20.2 Å². The SMILES string of the molecule is C#Cc1c(F)ccc2cccc(-c3c(F)c4c5c(nc(OCC6(CN7CCOC[C@H]7C)CC6)nc5c3C)N3C[C@H]5C[C@@]3(CN5)CO4)c12. The lowest BCUT2D eigenvalue weighted by Gasteiger charge is -2.38. The Morgan fingerprint density at radius 3 is 2.83 bits per heavy atom. The third-order valence-electron chi connectivity index (χ3n) is 11.2. The summed E-state index contributed by atoms with van der Waals surface area (Å²) in [5, 5.41) is 5.34. The molecule has 5 aliphatic rings. The number of hydrogen-bond acceptors (Lipinski definition) is 8. The number of benzene rings is 3. The number of aryl methyl sites for hydroxylation is 1. The lowest BCUT2D eigenvalue weighted by Crippen LogP contribution is -2.55. The largest absolute Gasteiger partial charge is 0.487 e. The van der Waals surface area contributed by atoms with Crippen LogP contribution in [0.15, 0.2) is 30.3 Å². The first-order valence-electron chi connectivity index (χ1n) is 16.6. The number of hydrogen-bond donors (Lipinski definition) is 1. The fourth-order valence-corrected chi connectivity index (χ4v) is 8.40. The lowest BCUT2D eigenvalue weighted by atomic mass is 9.90. The topological polar surface area (TPSA) is 72.0 Å². The Morgan fingerprint density at radius 1 is 1.17 bits per heavy atom. The summed E-state index contributed by atoms with van der Waals surface area (Å²) in [6.45, 7) is 9.69. The number of ether oxygens (including phenoxy) is 3. The zero-order valence-corrected chi connectivity index (χ0v) is 26.7. The highest BCUT2D eigenvalue weighted by atomic mass is 19.1. The van der Waals surface area contributed by atoms with Crippen LogP contribution >= 0.6 is 0 Å². The van der Waals surface area contributed by atoms with Crippen molar-refractivity contribution in [1.29, 1.82) is 0 Å². The van der Waals surface area contributed by atoms with Crippen LogP contribution in [0.2, 0.25) is 0 Å². The summed E-state index contributed by atoms with van der Waals surface area (Å²) < 4.78 is 50.7. The van der Waals surface area contributed by atoms with E-state index >= 15 is 8.78 Å². The molecule has 0 amide bonds. The van der Waals surface area contributed by atoms with Gasteiger partial charge in [-0.05, 0) is 55.7 Å². The predicted molar refractivity (Wildman–Crippen MR) is 176 cm³/mol. The molecule has 47 heavy (non-hydrogen) atoms. The zero-order valence-electron chi connectivity index (χ0n) is 26.7. The summed E-state index contributed by atoms with van der Waals surface area (Å²) in [6.07, 6.45) is 8.87. The normalized spacial score (nSPS) is 25.8. The van der Waals surface area contributed by atoms with Gasteiger partial charge in [-0.15, -0.1) is 6.42 Å². The number of nitrogens with zero attached hydrogens (tertiary/aromatic N) is 4. The van der Waals surface area contributed by atoms with E-state index in [2.05, 4.69) is 28.0 Å². The van der Waals surface area contributed by atoms with Gasteiger partial charge in [0.15, 0.2) is 11.6 Å². The van der Waals surface area contributed by atoms with Gasteiger partial charge in [0, 0.05) is 54.6 Å². The second kappa shape index (κ2) is 10.5. The molecule has 3 aromatic carbocycles. The van der Waals surface area contributed by atoms with E-state index in [0.29, 0.717) is 58.5 Å². The number of halogens is 2. The summed E-state index contributed by atoms with van der Waals surface area (Å²) in [6, 6.07) is 9.45. The van der Waals surface area contributed by atoms with E-state index in [4.69, 9.17) is 30.6 Å². The molecule has 1 aromatic heterocycles. The van der Waals surface area contributed by atoms with Gasteiger partial charge in [0.05, 0.1) is 41.8 Å². The number of aromatic nitrogens is 2. The van der Waals surface area contributed by atoms with Gasteiger partial charge in [-0.2, -0.15) is 9.97 Å². The number of terminal acetylenes is 1. The van der Waals surface area contributed by atoms with E-state index in [1.54, 1.807) is 12.1 Å². The molecular weight excluding hydrogens is 600 g/mol. The number of morpholine rings is 1. The van der Waals surface area contributed by atoms with Gasteiger partial charge in [0.25, 0.3) is 0 Å². The molecule has 2 bridgehead atoms. The first-order valence-corrected chi connectivity index (χ1v) is 16.6. The third-order valence-corrected chi connectivity index (χ3v) is 11.2. The van der Waals surface area contributed by atoms with Crippen molar-refractivity contribution in [3.8, 4) is 35.2 Å². The number of anilines is 1. The molecule has 1 aliphatic carbocycles. The van der Waals surface area contributed by atoms with E-state index in [-0.39, 0.29) is 33.8 Å². The minimum atomic E-state index is -0.524. The van der Waals surface area contributed by atoms with Crippen LogP contribution in [0.4, 0.5) is 14.6 Å². The average molecular weight is 638 g/mol. The zero-order chi connectivity index (χ0) is 32.1. The van der Waals surface area contributed by atoms with E-state index in [1.807, 2.05) is 19.1 Å². The quantitative estimate of drug-likeness (QED) is 0.289. The molecule has 4 aromatic rings. The Balaban J connectivity index is 1.20. The van der Waals surface area contributed by atoms with Crippen LogP contribution in [-0.4, -0.2) is 85.1 Å². The minimum Gasteiger partial charge on any atom is -0.487 e. The monoisotopic (exact) mass is 637 g/mol. The Bertz CT molecular complexity index is 2010. The molecule has 10 heteroatoms. The van der Waals surface area contributed by atoms with Crippen LogP contribution < -0.4 is 19.7 Å². The van der Waals surface area contributed by atoms with Crippen LogP contribution in [0.5, 0.6) is 11.8 Å². The van der Waals surface area contributed by atoms with Crippen molar-refractivity contribution in [3.05, 3.63) is 53.1 Å². The van der Waals surface area contributed by atoms with Crippen LogP contribution in [0, 0.1) is 36.3 Å². The Morgan fingerprint density at radius 2 is 2.04 bits per heavy atom. The van der Waals surface area contributed by atoms with E-state index in [0.717, 1.165) is 64.0 Å². The fourth-order valence-electron chi connectivity index (χ4n) is 8.40. The van der Waals surface area contributed by atoms with E-state index in [1.165, 1.54) is 6.07 Å². The molecule has 8 nitrogen and oxygen atoms in total. The summed E-state index contributed by atoms with van der Waals surface area (Å²) in [5.74, 6) is 2.22. The van der Waals surface area contributed by atoms with Crippen LogP contribution in [0.1, 0.15) is 37.3 Å². The van der Waals surface area contributed by atoms with Crippen molar-refractivity contribution in [2.45, 2.75) is 50.7 Å². The van der Waals surface area contributed by atoms with Crippen molar-refractivity contribution in [3.63, 3.8) is 0 Å². The lowest BCUT2D eigenvalue weighted by molar-refractivity contribution is -0.0134. The molecule has 242 valence electrons. The molecule has 3 saturated heterocycles. The highest BCUT2D eigenvalue weighted by Crippen LogP contribution is 2.51. The Hall–Kier alpha value is -4.04. The molecule has 5 heterocycles. The molecule has 9 rings (SSSR count). The standard InChI is InChI=1S/C37H37F2N5O3/c1-4-25-27(38)9-8-23-6-5-7-26(29(23)25)28-22(3)32-30-33(31(28)39)46-20-37-14-24(40-17-37)15-44(37)34(30)42-35(41-32)47-19-36(10-11-36)18-43-12-13-45-16-21(43)2/h1,5-9,21,24,40H,10-20H2,2-3H3/t21-,24-,37-/m1/s1. The molecule has 1 N–H and O–H groups in total. The van der Waals surface area contributed by atoms with Gasteiger partial charge in [-0.25, -0.2) is 8.78 Å². The second-order valence-electron chi connectivity index (χ2n) is 14.3. The van der Waals surface area contributed by atoms with Crippen LogP contribution in [0.3, 0.4) is 0 Å². The Labute approximate surface area is 272 Å². The maximum absolute atomic E-state index is 17.1. The van der Waals surface area contributed by atoms with Crippen LogP contribution in [0.25, 0.3) is 32.8 Å². The van der Waals surface area contributed by atoms with Crippen LogP contribution in [-0.2, 0) is 4.74 Å². The molecule has 0 radical (unpaired) electrons. The fraction of sp³-hybridized carbons (Fsp3) is 0.459. The highest BCUT2D eigenvalue weighted by molar-refractivity contribution is 6.07. The van der Waals surface area contributed by atoms with E-state index in [9.17, 15) is 0 Å². The molecule has 1 saturated carbocycles. The third kappa shape index (κ3) is 4.43. The summed E-state index contributed by atoms with van der Waals surface area (Å²) in [4.78, 5) is 14.8. The Kier molecular flexibility index (Phi) is 6.49. The second-order valence-corrected chi connectivity index (χ2v) is 14.3. The van der Waals surface area contributed by atoms with Gasteiger partial charge >= 0.3 is 6.01 Å². The smallest absolute Gasteiger partial charge is 0.318 e. The van der Waals surface area contributed by atoms with Crippen molar-refractivity contribution in [2.75, 3.05) is 57.5 Å². The maximum atomic E-state index is 17.1. The highest BCUT2D eigenvalue weighted by Gasteiger charge is 2.54. The molecular formula is C37H37F2N5O3. The number of fused-ring (bicyclic) bond motifs is 3. The van der Waals surface area contributed by atoms with Gasteiger partial charge < -0.3 is 24.4 Å². The molecule has 0 unspecified atom stereocenters. The predicted octanol–water partition coefficient (Wildman–Crippen LogP) is 5.21. The minimum absolute atomic E-state index is 0.0474. The number of nitrogens with one attached hydrogen (secondary N) is 1. The first kappa shape index (κ1) is 29.1. The van der Waals surface area contributed by atoms with Crippen molar-refractivity contribution >= 4 is 27.5 Å². The maximum Gasteiger partial charge on any atom is 0.318 e. The number of piperazine rings is 1.